The zero-order valence-corrected chi connectivity index (χ0v) is 22.6. The van der Waals surface area contributed by atoms with E-state index in [1.54, 1.807) is 35.8 Å². The fourth-order valence-corrected chi connectivity index (χ4v) is 5.29. The standard InChI is InChI=1S/C27H30F3N5O4S/c1-40(38,39)22-9-7-19(8-10-22)31-13-3-4-21-16-23-24(5-2-6-25(23)35(21)18-27(28,29)30)32-20-11-14-34(15-12-20)17-26(36)33-37/h2,5-10,16,20,31-32,37H,11-15,17-18H2,1H3,(H,33,36). The minimum Gasteiger partial charge on any atom is -0.382 e. The molecule has 13 heteroatoms. The van der Waals surface area contributed by atoms with Gasteiger partial charge in [-0.25, -0.2) is 13.9 Å². The number of aromatic nitrogens is 1. The number of hydrogen-bond acceptors (Lipinski definition) is 7. The van der Waals surface area contributed by atoms with Crippen molar-refractivity contribution in [1.82, 2.24) is 14.9 Å². The predicted molar refractivity (Wildman–Crippen MR) is 146 cm³/mol. The third kappa shape index (κ3) is 7.68. The SMILES string of the molecule is CS(=O)(=O)c1ccc(NCC#Cc2cc3c(NC4CCN(CC(=O)NO)CC4)cccc3n2CC(F)(F)F)cc1. The lowest BCUT2D eigenvalue weighted by Crippen LogP contribution is -2.43. The average molecular weight is 578 g/mol. The van der Waals surface area contributed by atoms with Gasteiger partial charge in [0, 0.05) is 42.1 Å². The van der Waals surface area contributed by atoms with Gasteiger partial charge in [-0.3, -0.25) is 14.9 Å². The molecule has 9 nitrogen and oxygen atoms in total. The number of carbonyl (C=O) groups is 1. The highest BCUT2D eigenvalue weighted by molar-refractivity contribution is 7.90. The third-order valence-corrected chi connectivity index (χ3v) is 7.73. The number of sulfone groups is 1. The summed E-state index contributed by atoms with van der Waals surface area (Å²) in [7, 11) is -3.32. The van der Waals surface area contributed by atoms with Crippen molar-refractivity contribution < 1.29 is 31.6 Å². The van der Waals surface area contributed by atoms with Gasteiger partial charge in [-0.15, -0.1) is 0 Å². The van der Waals surface area contributed by atoms with Crippen LogP contribution in [0, 0.1) is 11.8 Å². The summed E-state index contributed by atoms with van der Waals surface area (Å²) in [6.07, 6.45) is -1.88. The summed E-state index contributed by atoms with van der Waals surface area (Å²) in [4.78, 5) is 13.5. The summed E-state index contributed by atoms with van der Waals surface area (Å²) < 4.78 is 64.8. The van der Waals surface area contributed by atoms with Gasteiger partial charge < -0.3 is 15.2 Å². The van der Waals surface area contributed by atoms with E-state index in [2.05, 4.69) is 22.5 Å². The normalized spacial score (nSPS) is 14.9. The van der Waals surface area contributed by atoms with E-state index in [0.717, 1.165) is 23.7 Å². The molecule has 1 aliphatic rings. The van der Waals surface area contributed by atoms with Gasteiger partial charge in [0.15, 0.2) is 9.84 Å². The summed E-state index contributed by atoms with van der Waals surface area (Å²) >= 11 is 0. The summed E-state index contributed by atoms with van der Waals surface area (Å²) in [6, 6.07) is 13.0. The molecule has 1 amide bonds. The van der Waals surface area contributed by atoms with Crippen molar-refractivity contribution in [2.45, 2.75) is 36.5 Å². The van der Waals surface area contributed by atoms with E-state index in [1.807, 2.05) is 11.0 Å². The molecular formula is C27H30F3N5O4S. The molecular weight excluding hydrogens is 547 g/mol. The molecule has 0 spiro atoms. The second-order valence-corrected chi connectivity index (χ2v) is 11.7. The number of hydrogen-bond donors (Lipinski definition) is 4. The first kappa shape index (κ1) is 29.3. The Balaban J connectivity index is 1.50. The molecule has 2 heterocycles. The zero-order valence-electron chi connectivity index (χ0n) is 21.8. The van der Waals surface area contributed by atoms with Gasteiger partial charge >= 0.3 is 6.18 Å². The Hall–Kier alpha value is -3.73. The van der Waals surface area contributed by atoms with Gasteiger partial charge in [-0.05, 0) is 61.2 Å². The van der Waals surface area contributed by atoms with E-state index in [9.17, 15) is 26.4 Å². The molecule has 4 rings (SSSR count). The van der Waals surface area contributed by atoms with Gasteiger partial charge in [0.1, 0.15) is 6.54 Å². The number of carbonyl (C=O) groups excluding carboxylic acids is 1. The first-order valence-corrected chi connectivity index (χ1v) is 14.5. The van der Waals surface area contributed by atoms with Crippen molar-refractivity contribution in [3.8, 4) is 11.8 Å². The fourth-order valence-electron chi connectivity index (χ4n) is 4.66. The zero-order chi connectivity index (χ0) is 28.9. The first-order valence-electron chi connectivity index (χ1n) is 12.6. The first-order chi connectivity index (χ1) is 18.9. The van der Waals surface area contributed by atoms with E-state index in [0.29, 0.717) is 35.4 Å². The molecule has 0 radical (unpaired) electrons. The van der Waals surface area contributed by atoms with Crippen LogP contribution in [0.5, 0.6) is 0 Å². The van der Waals surface area contributed by atoms with E-state index in [4.69, 9.17) is 5.21 Å². The Kier molecular flexibility index (Phi) is 8.92. The summed E-state index contributed by atoms with van der Waals surface area (Å²) in [5.41, 5.74) is 3.60. The largest absolute Gasteiger partial charge is 0.406 e. The van der Waals surface area contributed by atoms with Crippen LogP contribution in [0.1, 0.15) is 18.5 Å². The second-order valence-electron chi connectivity index (χ2n) is 9.65. The number of nitrogens with zero attached hydrogens (tertiary/aromatic N) is 2. The van der Waals surface area contributed by atoms with Crippen LogP contribution in [0.15, 0.2) is 53.4 Å². The van der Waals surface area contributed by atoms with Crippen LogP contribution in [0.25, 0.3) is 10.9 Å². The molecule has 1 saturated heterocycles. The number of amides is 1. The summed E-state index contributed by atoms with van der Waals surface area (Å²) in [6.45, 7) is 0.328. The molecule has 1 aliphatic heterocycles. The maximum Gasteiger partial charge on any atom is 0.406 e. The minimum absolute atomic E-state index is 0.0674. The Morgan fingerprint density at radius 3 is 2.45 bits per heavy atom. The van der Waals surface area contributed by atoms with E-state index >= 15 is 0 Å². The third-order valence-electron chi connectivity index (χ3n) is 6.60. The Morgan fingerprint density at radius 2 is 1.82 bits per heavy atom. The summed E-state index contributed by atoms with van der Waals surface area (Å²) in [5.74, 6) is 5.24. The molecule has 40 heavy (non-hydrogen) atoms. The van der Waals surface area contributed by atoms with Crippen LogP contribution < -0.4 is 16.1 Å². The van der Waals surface area contributed by atoms with Crippen molar-refractivity contribution in [2.75, 3.05) is 43.1 Å². The van der Waals surface area contributed by atoms with Crippen molar-refractivity contribution >= 4 is 38.0 Å². The second kappa shape index (κ2) is 12.2. The number of alkyl halides is 3. The van der Waals surface area contributed by atoms with Crippen LogP contribution in [-0.4, -0.2) is 73.7 Å². The number of anilines is 2. The Bertz CT molecular complexity index is 1520. The van der Waals surface area contributed by atoms with E-state index < -0.39 is 28.5 Å². The van der Waals surface area contributed by atoms with Gasteiger partial charge in [-0.1, -0.05) is 12.0 Å². The van der Waals surface area contributed by atoms with E-state index in [-0.39, 0.29) is 29.7 Å². The number of piperidine rings is 1. The number of nitrogens with one attached hydrogen (secondary N) is 3. The van der Waals surface area contributed by atoms with E-state index in [1.165, 1.54) is 12.1 Å². The number of rotatable bonds is 8. The lowest BCUT2D eigenvalue weighted by atomic mass is 10.0. The van der Waals surface area contributed by atoms with Crippen molar-refractivity contribution in [3.63, 3.8) is 0 Å². The Morgan fingerprint density at radius 1 is 1.12 bits per heavy atom. The number of likely N-dealkylation sites (tertiary alicyclic amines) is 1. The van der Waals surface area contributed by atoms with Gasteiger partial charge in [0.25, 0.3) is 5.91 Å². The van der Waals surface area contributed by atoms with Crippen LogP contribution in [0.3, 0.4) is 0 Å². The smallest absolute Gasteiger partial charge is 0.382 e. The molecule has 2 aromatic carbocycles. The fraction of sp³-hybridized carbons (Fsp3) is 0.370. The number of fused-ring (bicyclic) bond motifs is 1. The quantitative estimate of drug-likeness (QED) is 0.184. The van der Waals surface area contributed by atoms with Gasteiger partial charge in [0.05, 0.1) is 29.2 Å². The molecule has 1 fully saturated rings. The highest BCUT2D eigenvalue weighted by Crippen LogP contribution is 2.31. The highest BCUT2D eigenvalue weighted by Gasteiger charge is 2.30. The monoisotopic (exact) mass is 577 g/mol. The molecule has 0 bridgehead atoms. The van der Waals surface area contributed by atoms with Gasteiger partial charge in [0.2, 0.25) is 0 Å². The molecule has 0 aliphatic carbocycles. The van der Waals surface area contributed by atoms with Crippen molar-refractivity contribution in [3.05, 3.63) is 54.2 Å². The topological polar surface area (TPSA) is 116 Å². The van der Waals surface area contributed by atoms with Crippen LogP contribution in [0.2, 0.25) is 0 Å². The lowest BCUT2D eigenvalue weighted by molar-refractivity contribution is -0.140. The maximum absolute atomic E-state index is 13.5. The van der Waals surface area contributed by atoms with Crippen molar-refractivity contribution in [1.29, 1.82) is 0 Å². The maximum atomic E-state index is 13.5. The number of halogens is 3. The lowest BCUT2D eigenvalue weighted by Gasteiger charge is -2.32. The molecule has 0 unspecified atom stereocenters. The number of hydroxylamine groups is 1. The summed E-state index contributed by atoms with van der Waals surface area (Å²) in [5, 5.41) is 15.8. The molecule has 0 saturated carbocycles. The molecule has 4 N–H and O–H groups in total. The van der Waals surface area contributed by atoms with Crippen molar-refractivity contribution in [2.24, 2.45) is 0 Å². The molecule has 0 atom stereocenters. The van der Waals surface area contributed by atoms with Gasteiger partial charge in [-0.2, -0.15) is 13.2 Å². The van der Waals surface area contributed by atoms with Crippen LogP contribution in [0.4, 0.5) is 24.5 Å². The number of benzene rings is 2. The Labute approximate surface area is 230 Å². The molecule has 3 aromatic rings. The minimum atomic E-state index is -4.45. The van der Waals surface area contributed by atoms with Crippen LogP contribution >= 0.6 is 0 Å². The van der Waals surface area contributed by atoms with Crippen LogP contribution in [-0.2, 0) is 21.2 Å². The average Bonchev–Trinajstić information content (AvgIpc) is 3.24. The molecule has 214 valence electrons. The molecule has 1 aromatic heterocycles. The highest BCUT2D eigenvalue weighted by atomic mass is 32.2. The predicted octanol–water partition coefficient (Wildman–Crippen LogP) is 3.45.